The van der Waals surface area contributed by atoms with Gasteiger partial charge in [-0.15, -0.1) is 35.1 Å². The second-order valence-electron chi connectivity index (χ2n) is 10.9. The van der Waals surface area contributed by atoms with Gasteiger partial charge in [0.25, 0.3) is 0 Å². The van der Waals surface area contributed by atoms with E-state index < -0.39 is 16.1 Å². The topological polar surface area (TPSA) is 82.6 Å². The third-order valence-corrected chi connectivity index (χ3v) is 12.4. The van der Waals surface area contributed by atoms with Crippen molar-refractivity contribution in [2.24, 2.45) is 0 Å². The van der Waals surface area contributed by atoms with Crippen molar-refractivity contribution in [3.8, 4) is 10.6 Å². The van der Waals surface area contributed by atoms with Gasteiger partial charge in [0.05, 0.1) is 15.1 Å². The number of thiophene rings is 1. The van der Waals surface area contributed by atoms with E-state index in [0.29, 0.717) is 24.4 Å². The molecule has 4 heterocycles. The van der Waals surface area contributed by atoms with Gasteiger partial charge in [-0.25, -0.2) is 13.4 Å². The molecule has 1 saturated heterocycles. The van der Waals surface area contributed by atoms with Gasteiger partial charge >= 0.3 is 0 Å². The number of fused-ring (bicyclic) bond motifs is 2. The van der Waals surface area contributed by atoms with E-state index >= 15 is 0 Å². The molecule has 1 unspecified atom stereocenters. The average Bonchev–Trinajstić information content (AvgIpc) is 3.74. The summed E-state index contributed by atoms with van der Waals surface area (Å²) in [6.45, 7) is 2.84. The number of benzene rings is 3. The van der Waals surface area contributed by atoms with E-state index in [1.807, 2.05) is 24.3 Å². The molecule has 44 heavy (non-hydrogen) atoms. The molecule has 0 saturated carbocycles. The third kappa shape index (κ3) is 6.04. The number of aromatic nitrogens is 1. The molecule has 0 aliphatic carbocycles. The number of para-hydroxylation sites is 1. The molecule has 0 spiro atoms. The van der Waals surface area contributed by atoms with E-state index in [9.17, 15) is 13.2 Å². The van der Waals surface area contributed by atoms with Crippen molar-refractivity contribution in [2.45, 2.75) is 43.3 Å². The lowest BCUT2D eigenvalue weighted by Gasteiger charge is -2.27. The van der Waals surface area contributed by atoms with Gasteiger partial charge in [0.15, 0.2) is 0 Å². The van der Waals surface area contributed by atoms with E-state index in [2.05, 4.69) is 40.5 Å². The lowest BCUT2D eigenvalue weighted by Crippen LogP contribution is -2.43. The number of nitrogens with zero attached hydrogens (tertiary/aromatic N) is 3. The van der Waals surface area contributed by atoms with E-state index in [4.69, 9.17) is 16.6 Å². The van der Waals surface area contributed by atoms with Crippen LogP contribution in [0.5, 0.6) is 0 Å². The van der Waals surface area contributed by atoms with Crippen molar-refractivity contribution in [2.75, 3.05) is 18.4 Å². The van der Waals surface area contributed by atoms with Crippen LogP contribution in [0.2, 0.25) is 5.02 Å². The Balaban J connectivity index is 0.00000343. The van der Waals surface area contributed by atoms with Crippen molar-refractivity contribution < 1.29 is 13.2 Å². The number of halogens is 2. The highest BCUT2D eigenvalue weighted by Crippen LogP contribution is 2.46. The van der Waals surface area contributed by atoms with Crippen LogP contribution in [0.1, 0.15) is 28.8 Å². The number of thiazole rings is 1. The zero-order valence-corrected chi connectivity index (χ0v) is 27.6. The molecular weight excluding hydrogens is 655 g/mol. The summed E-state index contributed by atoms with van der Waals surface area (Å²) in [5.41, 5.74) is 4.39. The summed E-state index contributed by atoms with van der Waals surface area (Å²) in [6, 6.07) is 23.8. The van der Waals surface area contributed by atoms with E-state index in [0.717, 1.165) is 51.8 Å². The fraction of sp³-hybridized carbons (Fsp3) is 0.250. The number of carbonyl (C=O) groups excluding carboxylic acids is 1. The Morgan fingerprint density at radius 2 is 1.73 bits per heavy atom. The molecule has 3 aromatic carbocycles. The first-order chi connectivity index (χ1) is 20.9. The highest BCUT2D eigenvalue weighted by molar-refractivity contribution is 7.89. The van der Waals surface area contributed by atoms with Gasteiger partial charge in [0.2, 0.25) is 15.9 Å². The Morgan fingerprint density at radius 3 is 2.50 bits per heavy atom. The summed E-state index contributed by atoms with van der Waals surface area (Å²) >= 11 is 9.20. The van der Waals surface area contributed by atoms with Crippen molar-refractivity contribution in [3.05, 3.63) is 99.9 Å². The molecule has 228 valence electrons. The summed E-state index contributed by atoms with van der Waals surface area (Å²) < 4.78 is 29.5. The fourth-order valence-corrected chi connectivity index (χ4v) is 10.1. The average molecular weight is 686 g/mol. The molecule has 0 radical (unpaired) electrons. The van der Waals surface area contributed by atoms with E-state index in [1.54, 1.807) is 34.8 Å². The van der Waals surface area contributed by atoms with E-state index in [-0.39, 0.29) is 23.2 Å². The molecule has 1 N–H and O–H groups in total. The first-order valence-corrected chi connectivity index (χ1v) is 17.7. The van der Waals surface area contributed by atoms with Crippen molar-refractivity contribution in [1.82, 2.24) is 14.2 Å². The lowest BCUT2D eigenvalue weighted by atomic mass is 10.0. The van der Waals surface area contributed by atoms with Gasteiger partial charge in [-0.1, -0.05) is 54.1 Å². The van der Waals surface area contributed by atoms with Crippen LogP contribution in [0.25, 0.3) is 20.8 Å². The standard InChI is InChI=1S/C32H29ClN4O3S3.ClH/c33-22-12-14-23(15-13-22)43(39,40)37-17-6-10-26(37)30(38)35-32-29(31-34-25-9-4-5-11-27(25)41-31)24-16-18-36(20-28(24)42-32)19-21-7-2-1-3-8-21;/h1-5,7-9,11-15,26H,6,10,16-20H2,(H,35,38);1H. The van der Waals surface area contributed by atoms with Crippen LogP contribution in [0.4, 0.5) is 5.00 Å². The summed E-state index contributed by atoms with van der Waals surface area (Å²) in [5, 5.41) is 5.26. The van der Waals surface area contributed by atoms with Gasteiger partial charge in [-0.3, -0.25) is 9.69 Å². The minimum absolute atomic E-state index is 0. The summed E-state index contributed by atoms with van der Waals surface area (Å²) in [7, 11) is -3.86. The van der Waals surface area contributed by atoms with Crippen LogP contribution in [-0.2, 0) is 34.3 Å². The first kappa shape index (κ1) is 31.2. The number of amides is 1. The highest BCUT2D eigenvalue weighted by Gasteiger charge is 2.40. The minimum atomic E-state index is -3.86. The second kappa shape index (κ2) is 12.9. The molecule has 1 amide bonds. The van der Waals surface area contributed by atoms with Gasteiger partial charge in [0, 0.05) is 41.6 Å². The van der Waals surface area contributed by atoms with Crippen LogP contribution in [0.15, 0.2) is 83.8 Å². The molecule has 2 aliphatic rings. The van der Waals surface area contributed by atoms with Gasteiger partial charge < -0.3 is 5.32 Å². The normalized spacial score (nSPS) is 17.3. The molecule has 1 atom stereocenters. The molecule has 5 aromatic rings. The molecule has 1 fully saturated rings. The van der Waals surface area contributed by atoms with Crippen LogP contribution >= 0.6 is 46.7 Å². The summed E-state index contributed by atoms with van der Waals surface area (Å²) in [4.78, 5) is 22.6. The minimum Gasteiger partial charge on any atom is -0.316 e. The van der Waals surface area contributed by atoms with Crippen LogP contribution < -0.4 is 5.32 Å². The largest absolute Gasteiger partial charge is 0.316 e. The Bertz CT molecular complexity index is 1880. The van der Waals surface area contributed by atoms with Gasteiger partial charge in [0.1, 0.15) is 16.1 Å². The quantitative estimate of drug-likeness (QED) is 0.193. The number of anilines is 1. The van der Waals surface area contributed by atoms with Crippen LogP contribution in [0.3, 0.4) is 0 Å². The number of hydrogen-bond donors (Lipinski definition) is 1. The first-order valence-electron chi connectivity index (χ1n) is 14.2. The van der Waals surface area contributed by atoms with E-state index in [1.165, 1.54) is 32.4 Å². The Morgan fingerprint density at radius 1 is 0.977 bits per heavy atom. The SMILES string of the molecule is Cl.O=C(Nc1sc2c(c1-c1nc3ccccc3s1)CCN(Cc1ccccc1)C2)C1CCCN1S(=O)(=O)c1ccc(Cl)cc1. The molecule has 2 aliphatic heterocycles. The zero-order valence-electron chi connectivity index (χ0n) is 23.6. The Kier molecular flexibility index (Phi) is 9.12. The van der Waals surface area contributed by atoms with Crippen molar-refractivity contribution in [1.29, 1.82) is 0 Å². The van der Waals surface area contributed by atoms with Crippen LogP contribution in [-0.4, -0.2) is 47.6 Å². The number of sulfonamides is 1. The molecule has 7 rings (SSSR count). The maximum atomic E-state index is 13.9. The highest BCUT2D eigenvalue weighted by atomic mass is 35.5. The van der Waals surface area contributed by atoms with Gasteiger partial charge in [-0.05, 0) is 66.8 Å². The monoisotopic (exact) mass is 684 g/mol. The fourth-order valence-electron chi connectivity index (χ4n) is 5.95. The predicted molar refractivity (Wildman–Crippen MR) is 181 cm³/mol. The number of nitrogens with one attached hydrogen (secondary N) is 1. The predicted octanol–water partition coefficient (Wildman–Crippen LogP) is 7.45. The number of carbonyl (C=O) groups is 1. The maximum absolute atomic E-state index is 13.9. The summed E-state index contributed by atoms with van der Waals surface area (Å²) in [6.07, 6.45) is 1.93. The summed E-state index contributed by atoms with van der Waals surface area (Å²) in [5.74, 6) is -0.308. The molecule has 2 aromatic heterocycles. The number of rotatable bonds is 7. The zero-order chi connectivity index (χ0) is 29.6. The third-order valence-electron chi connectivity index (χ3n) is 8.06. The Hall–Kier alpha value is -2.83. The second-order valence-corrected chi connectivity index (χ2v) is 15.3. The smallest absolute Gasteiger partial charge is 0.243 e. The van der Waals surface area contributed by atoms with Crippen LogP contribution in [0, 0.1) is 0 Å². The van der Waals surface area contributed by atoms with Crippen molar-refractivity contribution >= 4 is 77.8 Å². The Labute approximate surface area is 276 Å². The molecule has 7 nitrogen and oxygen atoms in total. The number of hydrogen-bond acceptors (Lipinski definition) is 7. The van der Waals surface area contributed by atoms with Gasteiger partial charge in [-0.2, -0.15) is 4.31 Å². The molecular formula is C32H30Cl2N4O3S3. The van der Waals surface area contributed by atoms with Crippen molar-refractivity contribution in [3.63, 3.8) is 0 Å². The molecule has 12 heteroatoms. The lowest BCUT2D eigenvalue weighted by molar-refractivity contribution is -0.119. The molecule has 0 bridgehead atoms. The maximum Gasteiger partial charge on any atom is 0.243 e.